The number of nitrogens with zero attached hydrogens (tertiary/aromatic N) is 2. The minimum Gasteiger partial charge on any atom is -0.369 e. The van der Waals surface area contributed by atoms with Crippen molar-refractivity contribution in [1.82, 2.24) is 9.88 Å². The molecule has 6 nitrogen and oxygen atoms in total. The van der Waals surface area contributed by atoms with Crippen molar-refractivity contribution in [3.05, 3.63) is 59.3 Å². The number of aryl methyl sites for hydroxylation is 1. The fourth-order valence-corrected chi connectivity index (χ4v) is 5.04. The number of aromatic nitrogens is 1. The number of nitrogens with one attached hydrogen (secondary N) is 2. The molecule has 2 fully saturated rings. The molecule has 5 rings (SSSR count). The van der Waals surface area contributed by atoms with Gasteiger partial charge in [0.15, 0.2) is 0 Å². The van der Waals surface area contributed by atoms with Gasteiger partial charge in [-0.05, 0) is 49.2 Å². The van der Waals surface area contributed by atoms with Gasteiger partial charge in [0.2, 0.25) is 5.91 Å². The third-order valence-electron chi connectivity index (χ3n) is 6.65. The predicted molar refractivity (Wildman–Crippen MR) is 119 cm³/mol. The first-order valence-electron chi connectivity index (χ1n) is 10.7. The Labute approximate surface area is 184 Å². The summed E-state index contributed by atoms with van der Waals surface area (Å²) in [6.45, 7) is 5.57. The first kappa shape index (κ1) is 20.5. The summed E-state index contributed by atoms with van der Waals surface area (Å²) in [6.07, 6.45) is 0.940. The number of H-pyrrole nitrogens is 1. The van der Waals surface area contributed by atoms with Crippen molar-refractivity contribution in [2.75, 3.05) is 29.9 Å². The molecule has 2 aliphatic heterocycles. The summed E-state index contributed by atoms with van der Waals surface area (Å²) in [5.74, 6) is -0.913. The van der Waals surface area contributed by atoms with Gasteiger partial charge in [-0.25, -0.2) is 8.78 Å². The van der Waals surface area contributed by atoms with Crippen LogP contribution in [0.4, 0.5) is 20.2 Å². The molecule has 2 N–H and O–H groups in total. The normalized spacial score (nSPS) is 20.1. The second-order valence-electron chi connectivity index (χ2n) is 8.72. The second-order valence-corrected chi connectivity index (χ2v) is 8.72. The predicted octanol–water partition coefficient (Wildman–Crippen LogP) is 4.06. The lowest BCUT2D eigenvalue weighted by atomic mass is 10.1. The second kappa shape index (κ2) is 7.62. The number of halogens is 2. The summed E-state index contributed by atoms with van der Waals surface area (Å²) >= 11 is 0. The molecule has 0 saturated carbocycles. The van der Waals surface area contributed by atoms with E-state index in [2.05, 4.69) is 15.2 Å². The smallest absolute Gasteiger partial charge is 0.272 e. The Morgan fingerprint density at radius 2 is 1.94 bits per heavy atom. The molecule has 8 heteroatoms. The third-order valence-corrected chi connectivity index (χ3v) is 6.65. The molecule has 1 aromatic heterocycles. The number of benzene rings is 2. The van der Waals surface area contributed by atoms with Crippen LogP contribution in [0.15, 0.2) is 36.4 Å². The number of anilines is 2. The van der Waals surface area contributed by atoms with Crippen LogP contribution in [0.25, 0.3) is 10.9 Å². The average Bonchev–Trinajstić information content (AvgIpc) is 3.44. The fraction of sp³-hybridized carbons (Fsp3) is 0.333. The Bertz CT molecular complexity index is 1200. The molecule has 32 heavy (non-hydrogen) atoms. The minimum absolute atomic E-state index is 0.0663. The van der Waals surface area contributed by atoms with Gasteiger partial charge in [0.1, 0.15) is 17.3 Å². The molecule has 2 saturated heterocycles. The molecular weight excluding hydrogens is 414 g/mol. The molecule has 2 unspecified atom stereocenters. The lowest BCUT2D eigenvalue weighted by Crippen LogP contribution is -2.38. The monoisotopic (exact) mass is 438 g/mol. The van der Waals surface area contributed by atoms with Crippen molar-refractivity contribution in [1.29, 1.82) is 0 Å². The van der Waals surface area contributed by atoms with Crippen LogP contribution in [-0.4, -0.2) is 47.4 Å². The van der Waals surface area contributed by atoms with Crippen LogP contribution < -0.4 is 10.2 Å². The Morgan fingerprint density at radius 1 is 1.12 bits per heavy atom. The van der Waals surface area contributed by atoms with Gasteiger partial charge in [-0.3, -0.25) is 9.59 Å². The first-order valence-corrected chi connectivity index (χ1v) is 10.7. The summed E-state index contributed by atoms with van der Waals surface area (Å²) < 4.78 is 28.5. The lowest BCUT2D eigenvalue weighted by Gasteiger charge is -2.25. The highest BCUT2D eigenvalue weighted by Gasteiger charge is 2.42. The summed E-state index contributed by atoms with van der Waals surface area (Å²) in [4.78, 5) is 31.6. The van der Waals surface area contributed by atoms with Crippen molar-refractivity contribution in [2.45, 2.75) is 26.3 Å². The fourth-order valence-electron chi connectivity index (χ4n) is 5.04. The molecule has 2 aliphatic rings. The molecule has 2 amide bonds. The van der Waals surface area contributed by atoms with Gasteiger partial charge in [-0.15, -0.1) is 0 Å². The first-order chi connectivity index (χ1) is 15.3. The third kappa shape index (κ3) is 3.49. The molecule has 0 radical (unpaired) electrons. The SMILES string of the molecule is CC(=O)N1CCC2CN(c3cc(F)cc(NC(=O)c4cc5c(F)ccc(C)c5[nH]4)c3)CC21. The quantitative estimate of drug-likeness (QED) is 0.648. The number of aromatic amines is 1. The van der Waals surface area contributed by atoms with Crippen LogP contribution in [0.3, 0.4) is 0 Å². The summed E-state index contributed by atoms with van der Waals surface area (Å²) in [7, 11) is 0. The van der Waals surface area contributed by atoms with Gasteiger partial charge in [0.05, 0.1) is 11.6 Å². The van der Waals surface area contributed by atoms with E-state index in [1.807, 2.05) is 11.8 Å². The Hall–Kier alpha value is -3.42. The van der Waals surface area contributed by atoms with Crippen molar-refractivity contribution < 1.29 is 18.4 Å². The van der Waals surface area contributed by atoms with Crippen molar-refractivity contribution in [3.63, 3.8) is 0 Å². The van der Waals surface area contributed by atoms with Crippen LogP contribution in [-0.2, 0) is 4.79 Å². The number of rotatable bonds is 3. The topological polar surface area (TPSA) is 68.4 Å². The summed E-state index contributed by atoms with van der Waals surface area (Å²) in [5, 5.41) is 3.06. The molecular formula is C24H24F2N4O2. The van der Waals surface area contributed by atoms with Crippen LogP contribution in [0.1, 0.15) is 29.4 Å². The van der Waals surface area contributed by atoms with E-state index in [1.54, 1.807) is 19.1 Å². The van der Waals surface area contributed by atoms with E-state index in [0.717, 1.165) is 25.1 Å². The van der Waals surface area contributed by atoms with Gasteiger partial charge in [-0.1, -0.05) is 6.07 Å². The van der Waals surface area contributed by atoms with E-state index in [1.165, 1.54) is 24.3 Å². The van der Waals surface area contributed by atoms with Crippen LogP contribution >= 0.6 is 0 Å². The van der Waals surface area contributed by atoms with Gasteiger partial charge < -0.3 is 20.1 Å². The zero-order valence-corrected chi connectivity index (χ0v) is 17.9. The Kier molecular flexibility index (Phi) is 4.87. The summed E-state index contributed by atoms with van der Waals surface area (Å²) in [6, 6.07) is 9.04. The number of carbonyl (C=O) groups excluding carboxylic acids is 2. The van der Waals surface area contributed by atoms with E-state index in [0.29, 0.717) is 34.7 Å². The molecule has 3 aromatic rings. The lowest BCUT2D eigenvalue weighted by molar-refractivity contribution is -0.129. The van der Waals surface area contributed by atoms with E-state index in [4.69, 9.17) is 0 Å². The maximum absolute atomic E-state index is 14.4. The highest BCUT2D eigenvalue weighted by Crippen LogP contribution is 2.35. The van der Waals surface area contributed by atoms with E-state index < -0.39 is 17.5 Å². The number of amides is 2. The molecule has 2 atom stereocenters. The van der Waals surface area contributed by atoms with E-state index in [9.17, 15) is 18.4 Å². The zero-order valence-electron chi connectivity index (χ0n) is 17.9. The molecule has 0 bridgehead atoms. The highest BCUT2D eigenvalue weighted by atomic mass is 19.1. The van der Waals surface area contributed by atoms with Gasteiger partial charge >= 0.3 is 0 Å². The minimum atomic E-state index is -0.474. The van der Waals surface area contributed by atoms with Crippen LogP contribution in [0.5, 0.6) is 0 Å². The maximum atomic E-state index is 14.4. The molecule has 2 aromatic carbocycles. The van der Waals surface area contributed by atoms with Gasteiger partial charge in [0.25, 0.3) is 5.91 Å². The Morgan fingerprint density at radius 3 is 2.69 bits per heavy atom. The number of likely N-dealkylation sites (tertiary alicyclic amines) is 1. The Balaban J connectivity index is 1.37. The molecule has 3 heterocycles. The van der Waals surface area contributed by atoms with Crippen LogP contribution in [0.2, 0.25) is 0 Å². The summed E-state index contributed by atoms with van der Waals surface area (Å²) in [5.41, 5.74) is 2.58. The van der Waals surface area contributed by atoms with Gasteiger partial charge in [0, 0.05) is 49.2 Å². The molecule has 0 aliphatic carbocycles. The highest BCUT2D eigenvalue weighted by molar-refractivity contribution is 6.06. The number of carbonyl (C=O) groups is 2. The zero-order chi connectivity index (χ0) is 22.6. The van der Waals surface area contributed by atoms with E-state index >= 15 is 0 Å². The van der Waals surface area contributed by atoms with E-state index in [-0.39, 0.29) is 17.6 Å². The molecule has 0 spiro atoms. The number of hydrogen-bond donors (Lipinski definition) is 2. The van der Waals surface area contributed by atoms with Crippen molar-refractivity contribution in [3.8, 4) is 0 Å². The standard InChI is InChI=1S/C24H24F2N4O2/c1-13-3-4-20(26)19-10-21(28-23(13)19)24(32)27-17-7-16(25)8-18(9-17)29-11-15-5-6-30(14(2)31)22(15)12-29/h3-4,7-10,15,22,28H,5-6,11-12H2,1-2H3,(H,27,32). The average molecular weight is 438 g/mol. The maximum Gasteiger partial charge on any atom is 0.272 e. The number of hydrogen-bond acceptors (Lipinski definition) is 3. The van der Waals surface area contributed by atoms with Gasteiger partial charge in [-0.2, -0.15) is 0 Å². The molecule has 166 valence electrons. The van der Waals surface area contributed by atoms with Crippen LogP contribution in [0, 0.1) is 24.5 Å². The van der Waals surface area contributed by atoms with Crippen molar-refractivity contribution in [2.24, 2.45) is 5.92 Å². The van der Waals surface area contributed by atoms with Crippen molar-refractivity contribution >= 4 is 34.1 Å². The number of fused-ring (bicyclic) bond motifs is 2. The largest absolute Gasteiger partial charge is 0.369 e.